The lowest BCUT2D eigenvalue weighted by atomic mass is 10.1. The highest BCUT2D eigenvalue weighted by atomic mass is 32.1. The van der Waals surface area contributed by atoms with Gasteiger partial charge in [0.1, 0.15) is 0 Å². The summed E-state index contributed by atoms with van der Waals surface area (Å²) in [6.45, 7) is 2.34. The molecule has 0 aliphatic carbocycles. The van der Waals surface area contributed by atoms with E-state index in [1.165, 1.54) is 23.5 Å². The van der Waals surface area contributed by atoms with E-state index >= 15 is 0 Å². The van der Waals surface area contributed by atoms with Crippen molar-refractivity contribution >= 4 is 22.7 Å². The molecule has 0 aliphatic rings. The maximum absolute atomic E-state index is 11.0. The normalized spacial score (nSPS) is 11.7. The van der Waals surface area contributed by atoms with E-state index in [1.807, 2.05) is 47.2 Å². The SMILES string of the molecule is Cc1ccc(N=c2scc(-c3cccc([N+](=O)[O-])c3)n2CCO)cc1. The van der Waals surface area contributed by atoms with Gasteiger partial charge in [0.25, 0.3) is 5.69 Å². The average Bonchev–Trinajstić information content (AvgIpc) is 3.00. The van der Waals surface area contributed by atoms with Crippen LogP contribution in [0.15, 0.2) is 58.9 Å². The number of hydrogen-bond donors (Lipinski definition) is 1. The van der Waals surface area contributed by atoms with Crippen molar-refractivity contribution < 1.29 is 10.0 Å². The first-order valence-corrected chi connectivity index (χ1v) is 8.62. The third-order valence-corrected chi connectivity index (χ3v) is 4.60. The van der Waals surface area contributed by atoms with E-state index < -0.39 is 4.92 Å². The molecule has 3 aromatic rings. The summed E-state index contributed by atoms with van der Waals surface area (Å²) in [5.41, 5.74) is 3.55. The molecular weight excluding hydrogens is 338 g/mol. The zero-order valence-electron chi connectivity index (χ0n) is 13.6. The first kappa shape index (κ1) is 17.1. The molecule has 0 saturated carbocycles. The van der Waals surface area contributed by atoms with Crippen molar-refractivity contribution in [3.63, 3.8) is 0 Å². The van der Waals surface area contributed by atoms with Gasteiger partial charge < -0.3 is 9.67 Å². The molecule has 3 rings (SSSR count). The summed E-state index contributed by atoms with van der Waals surface area (Å²) in [7, 11) is 0. The van der Waals surface area contributed by atoms with Crippen LogP contribution in [0.3, 0.4) is 0 Å². The number of benzene rings is 2. The highest BCUT2D eigenvalue weighted by Gasteiger charge is 2.12. The van der Waals surface area contributed by atoms with Gasteiger partial charge in [-0.15, -0.1) is 11.3 Å². The molecule has 6 nitrogen and oxygen atoms in total. The number of rotatable bonds is 5. The molecule has 0 bridgehead atoms. The Morgan fingerprint density at radius 1 is 1.24 bits per heavy atom. The predicted octanol–water partition coefficient (Wildman–Crippen LogP) is 3.66. The lowest BCUT2D eigenvalue weighted by molar-refractivity contribution is -0.384. The third-order valence-electron chi connectivity index (χ3n) is 3.73. The van der Waals surface area contributed by atoms with Gasteiger partial charge in [0.15, 0.2) is 4.80 Å². The number of non-ortho nitro benzene ring substituents is 1. The van der Waals surface area contributed by atoms with Crippen LogP contribution in [0.2, 0.25) is 0 Å². The number of nitro benzene ring substituents is 1. The molecular formula is C18H17N3O3S. The molecule has 128 valence electrons. The largest absolute Gasteiger partial charge is 0.395 e. The summed E-state index contributed by atoms with van der Waals surface area (Å²) < 4.78 is 1.88. The van der Waals surface area contributed by atoms with Crippen molar-refractivity contribution in [2.24, 2.45) is 4.99 Å². The Bertz CT molecular complexity index is 958. The van der Waals surface area contributed by atoms with E-state index in [2.05, 4.69) is 4.99 Å². The third kappa shape index (κ3) is 3.84. The first-order valence-electron chi connectivity index (χ1n) is 7.74. The van der Waals surface area contributed by atoms with Gasteiger partial charge >= 0.3 is 0 Å². The number of thiazole rings is 1. The number of hydrogen-bond acceptors (Lipinski definition) is 5. The summed E-state index contributed by atoms with van der Waals surface area (Å²) in [5, 5.41) is 22.3. The van der Waals surface area contributed by atoms with Crippen molar-refractivity contribution in [1.29, 1.82) is 0 Å². The number of aliphatic hydroxyl groups excluding tert-OH is 1. The van der Waals surface area contributed by atoms with Gasteiger partial charge in [-0.05, 0) is 19.1 Å². The molecule has 7 heteroatoms. The van der Waals surface area contributed by atoms with Crippen LogP contribution in [-0.4, -0.2) is 21.2 Å². The Kier molecular flexibility index (Phi) is 5.06. The van der Waals surface area contributed by atoms with Crippen molar-refractivity contribution in [3.8, 4) is 11.3 Å². The van der Waals surface area contributed by atoms with Gasteiger partial charge in [0.05, 0.1) is 22.9 Å². The fourth-order valence-electron chi connectivity index (χ4n) is 2.47. The van der Waals surface area contributed by atoms with Crippen LogP contribution in [0, 0.1) is 17.0 Å². The molecule has 0 unspecified atom stereocenters. The molecule has 0 atom stereocenters. The Balaban J connectivity index is 2.10. The molecule has 25 heavy (non-hydrogen) atoms. The molecule has 0 fully saturated rings. The number of aromatic nitrogens is 1. The Hall–Kier alpha value is -2.77. The van der Waals surface area contributed by atoms with E-state index in [0.717, 1.165) is 27.3 Å². The highest BCUT2D eigenvalue weighted by molar-refractivity contribution is 7.07. The lowest BCUT2D eigenvalue weighted by Gasteiger charge is -2.07. The minimum absolute atomic E-state index is 0.0382. The number of aliphatic hydroxyl groups is 1. The Labute approximate surface area is 148 Å². The van der Waals surface area contributed by atoms with Gasteiger partial charge in [-0.3, -0.25) is 10.1 Å². The summed E-state index contributed by atoms with van der Waals surface area (Å²) in [6.07, 6.45) is 0. The fourth-order valence-corrected chi connectivity index (χ4v) is 3.43. The summed E-state index contributed by atoms with van der Waals surface area (Å²) in [5.74, 6) is 0. The number of nitro groups is 1. The summed E-state index contributed by atoms with van der Waals surface area (Å²) in [4.78, 5) is 16.0. The molecule has 0 amide bonds. The first-order chi connectivity index (χ1) is 12.1. The van der Waals surface area contributed by atoms with Gasteiger partial charge in [0.2, 0.25) is 0 Å². The topological polar surface area (TPSA) is 80.7 Å². The fraction of sp³-hybridized carbons (Fsp3) is 0.167. The zero-order valence-corrected chi connectivity index (χ0v) is 14.4. The van der Waals surface area contributed by atoms with Crippen LogP contribution in [0.25, 0.3) is 11.3 Å². The van der Waals surface area contributed by atoms with Crippen LogP contribution in [0.4, 0.5) is 11.4 Å². The lowest BCUT2D eigenvalue weighted by Crippen LogP contribution is -2.17. The Morgan fingerprint density at radius 2 is 2.00 bits per heavy atom. The molecule has 0 radical (unpaired) electrons. The van der Waals surface area contributed by atoms with E-state index in [1.54, 1.807) is 6.07 Å². The molecule has 1 aromatic heterocycles. The van der Waals surface area contributed by atoms with Gasteiger partial charge in [0, 0.05) is 29.6 Å². The zero-order chi connectivity index (χ0) is 17.8. The molecule has 2 aromatic carbocycles. The van der Waals surface area contributed by atoms with Crippen LogP contribution >= 0.6 is 11.3 Å². The summed E-state index contributed by atoms with van der Waals surface area (Å²) in [6, 6.07) is 14.3. The van der Waals surface area contributed by atoms with Crippen LogP contribution in [0.1, 0.15) is 5.56 Å². The van der Waals surface area contributed by atoms with Gasteiger partial charge in [-0.1, -0.05) is 29.8 Å². The monoisotopic (exact) mass is 355 g/mol. The van der Waals surface area contributed by atoms with Gasteiger partial charge in [-0.2, -0.15) is 0 Å². The maximum Gasteiger partial charge on any atom is 0.270 e. The smallest absolute Gasteiger partial charge is 0.270 e. The highest BCUT2D eigenvalue weighted by Crippen LogP contribution is 2.24. The predicted molar refractivity (Wildman–Crippen MR) is 97.9 cm³/mol. The van der Waals surface area contributed by atoms with Crippen molar-refractivity contribution in [1.82, 2.24) is 4.57 Å². The van der Waals surface area contributed by atoms with Crippen LogP contribution in [-0.2, 0) is 6.54 Å². The molecule has 1 heterocycles. The van der Waals surface area contributed by atoms with E-state index in [9.17, 15) is 15.2 Å². The van der Waals surface area contributed by atoms with Crippen molar-refractivity contribution in [3.05, 3.63) is 74.4 Å². The molecule has 0 saturated heterocycles. The van der Waals surface area contributed by atoms with E-state index in [4.69, 9.17) is 0 Å². The molecule has 0 aliphatic heterocycles. The standard InChI is InChI=1S/C18H17N3O3S/c1-13-5-7-15(8-6-13)19-18-20(9-10-22)17(12-25-18)14-3-2-4-16(11-14)21(23)24/h2-8,11-12,22H,9-10H2,1H3. The second-order valence-corrected chi connectivity index (χ2v) is 6.37. The van der Waals surface area contributed by atoms with Crippen molar-refractivity contribution in [2.45, 2.75) is 13.5 Å². The summed E-state index contributed by atoms with van der Waals surface area (Å²) >= 11 is 1.44. The van der Waals surface area contributed by atoms with Gasteiger partial charge in [-0.25, -0.2) is 4.99 Å². The minimum Gasteiger partial charge on any atom is -0.395 e. The molecule has 1 N–H and O–H groups in total. The maximum atomic E-state index is 11.0. The van der Waals surface area contributed by atoms with Crippen molar-refractivity contribution in [2.75, 3.05) is 6.61 Å². The van der Waals surface area contributed by atoms with E-state index in [-0.39, 0.29) is 12.3 Å². The minimum atomic E-state index is -0.413. The molecule has 0 spiro atoms. The van der Waals surface area contributed by atoms with E-state index in [0.29, 0.717) is 6.54 Å². The number of aryl methyl sites for hydroxylation is 1. The quantitative estimate of drug-likeness (QED) is 0.560. The number of nitrogens with zero attached hydrogens (tertiary/aromatic N) is 3. The van der Waals surface area contributed by atoms with Crippen LogP contribution < -0.4 is 4.80 Å². The Morgan fingerprint density at radius 3 is 2.68 bits per heavy atom. The second kappa shape index (κ2) is 7.42. The van der Waals surface area contributed by atoms with Crippen LogP contribution in [0.5, 0.6) is 0 Å². The second-order valence-electron chi connectivity index (χ2n) is 5.53. The average molecular weight is 355 g/mol.